The van der Waals surface area contributed by atoms with Crippen molar-refractivity contribution in [1.82, 2.24) is 9.21 Å². The number of benzene rings is 2. The zero-order valence-electron chi connectivity index (χ0n) is 18.7. The summed E-state index contributed by atoms with van der Waals surface area (Å²) in [5.41, 5.74) is 3.49. The van der Waals surface area contributed by atoms with Gasteiger partial charge in [-0.1, -0.05) is 36.4 Å². The third-order valence-corrected chi connectivity index (χ3v) is 8.77. The highest BCUT2D eigenvalue weighted by molar-refractivity contribution is 7.89. The lowest BCUT2D eigenvalue weighted by atomic mass is 10.0. The van der Waals surface area contributed by atoms with Crippen LogP contribution in [-0.4, -0.2) is 63.1 Å². The molecule has 0 unspecified atom stereocenters. The second-order valence-corrected chi connectivity index (χ2v) is 10.8. The lowest BCUT2D eigenvalue weighted by molar-refractivity contribution is 0.149. The summed E-state index contributed by atoms with van der Waals surface area (Å²) < 4.78 is 33.0. The van der Waals surface area contributed by atoms with Gasteiger partial charge in [-0.2, -0.15) is 4.31 Å². The zero-order chi connectivity index (χ0) is 21.8. The molecule has 0 bridgehead atoms. The molecular weight excluding hydrogens is 408 g/mol. The minimum absolute atomic E-state index is 0.0641. The van der Waals surface area contributed by atoms with E-state index in [0.29, 0.717) is 24.1 Å². The molecule has 2 atom stereocenters. The Kier molecular flexibility index (Phi) is 7.12. The van der Waals surface area contributed by atoms with Crippen molar-refractivity contribution in [2.24, 2.45) is 0 Å². The molecular formula is C25H34N2O3S. The summed E-state index contributed by atoms with van der Waals surface area (Å²) in [6.07, 6.45) is 5.44. The van der Waals surface area contributed by atoms with E-state index < -0.39 is 10.0 Å². The molecule has 0 spiro atoms. The molecule has 2 heterocycles. The topological polar surface area (TPSA) is 49.9 Å². The van der Waals surface area contributed by atoms with Crippen molar-refractivity contribution < 1.29 is 13.2 Å². The van der Waals surface area contributed by atoms with E-state index in [1.54, 1.807) is 23.5 Å². The molecule has 2 aromatic carbocycles. The van der Waals surface area contributed by atoms with Crippen LogP contribution in [0.2, 0.25) is 0 Å². The minimum atomic E-state index is -3.49. The third-order valence-electron chi connectivity index (χ3n) is 6.81. The van der Waals surface area contributed by atoms with Gasteiger partial charge in [-0.05, 0) is 74.4 Å². The first-order valence-corrected chi connectivity index (χ1v) is 12.9. The van der Waals surface area contributed by atoms with Crippen LogP contribution < -0.4 is 0 Å². The summed E-state index contributed by atoms with van der Waals surface area (Å²) >= 11 is 0. The van der Waals surface area contributed by atoms with E-state index >= 15 is 0 Å². The number of ether oxygens (including phenoxy) is 1. The van der Waals surface area contributed by atoms with Crippen LogP contribution in [-0.2, 0) is 21.2 Å². The van der Waals surface area contributed by atoms with Gasteiger partial charge in [0.05, 0.1) is 11.5 Å². The van der Waals surface area contributed by atoms with Crippen LogP contribution in [0.4, 0.5) is 0 Å². The van der Waals surface area contributed by atoms with E-state index in [1.165, 1.54) is 24.9 Å². The second-order valence-electron chi connectivity index (χ2n) is 8.87. The Bertz CT molecular complexity index is 957. The van der Waals surface area contributed by atoms with Gasteiger partial charge in [-0.25, -0.2) is 8.42 Å². The first-order valence-electron chi connectivity index (χ1n) is 11.4. The average molecular weight is 443 g/mol. The molecule has 0 amide bonds. The fourth-order valence-corrected chi connectivity index (χ4v) is 6.58. The quantitative estimate of drug-likeness (QED) is 0.615. The van der Waals surface area contributed by atoms with Gasteiger partial charge < -0.3 is 9.64 Å². The molecule has 5 nitrogen and oxygen atoms in total. The zero-order valence-corrected chi connectivity index (χ0v) is 19.5. The normalized spacial score (nSPS) is 22.9. The van der Waals surface area contributed by atoms with Crippen LogP contribution in [0.5, 0.6) is 0 Å². The number of sulfonamides is 1. The number of rotatable bonds is 8. The average Bonchev–Trinajstić information content (AvgIpc) is 3.42. The molecule has 2 saturated heterocycles. The number of methoxy groups -OCH3 is 1. The Morgan fingerprint density at radius 1 is 0.935 bits per heavy atom. The fraction of sp³-hybridized carbons (Fsp3) is 0.520. The lowest BCUT2D eigenvalue weighted by Crippen LogP contribution is -2.38. The third kappa shape index (κ3) is 5.03. The van der Waals surface area contributed by atoms with E-state index in [-0.39, 0.29) is 6.04 Å². The van der Waals surface area contributed by atoms with Crippen LogP contribution in [0.15, 0.2) is 53.4 Å². The van der Waals surface area contributed by atoms with Gasteiger partial charge in [0.1, 0.15) is 0 Å². The highest BCUT2D eigenvalue weighted by Gasteiger charge is 2.35. The molecule has 0 aliphatic carbocycles. The van der Waals surface area contributed by atoms with Crippen LogP contribution in [0.3, 0.4) is 0 Å². The first-order chi connectivity index (χ1) is 15.0. The Hall–Kier alpha value is -1.73. The van der Waals surface area contributed by atoms with Crippen LogP contribution in [0.25, 0.3) is 11.1 Å². The van der Waals surface area contributed by atoms with Crippen molar-refractivity contribution >= 4 is 10.0 Å². The van der Waals surface area contributed by atoms with Gasteiger partial charge in [-0.3, -0.25) is 0 Å². The Balaban J connectivity index is 1.42. The standard InChI is InChI=1S/C25H34N2O3S/c1-20-5-3-16-26(20)18-15-21-7-9-22(10-8-21)23-11-13-25(14-12-23)31(28,29)27-17-4-6-24(27)19-30-2/h7-14,20,24H,3-6,15-19H2,1-2H3/t20-,24-/m1/s1. The van der Waals surface area contributed by atoms with E-state index in [9.17, 15) is 8.42 Å². The van der Waals surface area contributed by atoms with Crippen LogP contribution in [0.1, 0.15) is 38.2 Å². The van der Waals surface area contributed by atoms with Crippen molar-refractivity contribution in [2.45, 2.75) is 56.0 Å². The van der Waals surface area contributed by atoms with Gasteiger partial charge in [0.25, 0.3) is 0 Å². The first kappa shape index (κ1) is 22.5. The predicted octanol–water partition coefficient (Wildman–Crippen LogP) is 4.18. The van der Waals surface area contributed by atoms with E-state index in [4.69, 9.17) is 4.74 Å². The SMILES string of the molecule is COC[C@H]1CCCN1S(=O)(=O)c1ccc(-c2ccc(CCN3CCC[C@H]3C)cc2)cc1. The van der Waals surface area contributed by atoms with E-state index in [2.05, 4.69) is 36.1 Å². The second kappa shape index (κ2) is 9.82. The largest absolute Gasteiger partial charge is 0.383 e. The molecule has 2 aliphatic rings. The number of hydrogen-bond acceptors (Lipinski definition) is 4. The summed E-state index contributed by atoms with van der Waals surface area (Å²) in [6, 6.07) is 16.6. The summed E-state index contributed by atoms with van der Waals surface area (Å²) in [5.74, 6) is 0. The van der Waals surface area contributed by atoms with Gasteiger partial charge in [0.15, 0.2) is 0 Å². The van der Waals surface area contributed by atoms with Crippen molar-refractivity contribution in [3.63, 3.8) is 0 Å². The monoisotopic (exact) mass is 442 g/mol. The van der Waals surface area contributed by atoms with Crippen molar-refractivity contribution in [3.05, 3.63) is 54.1 Å². The van der Waals surface area contributed by atoms with E-state index in [1.807, 2.05) is 12.1 Å². The molecule has 31 heavy (non-hydrogen) atoms. The lowest BCUT2D eigenvalue weighted by Gasteiger charge is -2.23. The number of hydrogen-bond donors (Lipinski definition) is 0. The van der Waals surface area contributed by atoms with Gasteiger partial charge in [0, 0.05) is 32.3 Å². The van der Waals surface area contributed by atoms with Crippen molar-refractivity contribution in [3.8, 4) is 11.1 Å². The molecule has 168 valence electrons. The number of nitrogens with zero attached hydrogens (tertiary/aromatic N) is 2. The number of likely N-dealkylation sites (tertiary alicyclic amines) is 1. The molecule has 0 N–H and O–H groups in total. The van der Waals surface area contributed by atoms with Crippen LogP contribution >= 0.6 is 0 Å². The smallest absolute Gasteiger partial charge is 0.243 e. The molecule has 2 aliphatic heterocycles. The molecule has 6 heteroatoms. The molecule has 2 aromatic rings. The van der Waals surface area contributed by atoms with Gasteiger partial charge >= 0.3 is 0 Å². The highest BCUT2D eigenvalue weighted by Crippen LogP contribution is 2.28. The van der Waals surface area contributed by atoms with Crippen molar-refractivity contribution in [1.29, 1.82) is 0 Å². The molecule has 0 saturated carbocycles. The van der Waals surface area contributed by atoms with E-state index in [0.717, 1.165) is 36.9 Å². The van der Waals surface area contributed by atoms with Crippen molar-refractivity contribution in [2.75, 3.05) is 33.4 Å². The molecule has 0 aromatic heterocycles. The summed E-state index contributed by atoms with van der Waals surface area (Å²) in [7, 11) is -1.87. The molecule has 0 radical (unpaired) electrons. The highest BCUT2D eigenvalue weighted by atomic mass is 32.2. The maximum absolute atomic E-state index is 13.1. The maximum atomic E-state index is 13.1. The minimum Gasteiger partial charge on any atom is -0.383 e. The van der Waals surface area contributed by atoms with Gasteiger partial charge in [-0.15, -0.1) is 0 Å². The summed E-state index contributed by atoms with van der Waals surface area (Å²) in [5, 5.41) is 0. The van der Waals surface area contributed by atoms with Gasteiger partial charge in [0.2, 0.25) is 10.0 Å². The molecule has 4 rings (SSSR count). The Morgan fingerprint density at radius 3 is 2.19 bits per heavy atom. The predicted molar refractivity (Wildman–Crippen MR) is 125 cm³/mol. The summed E-state index contributed by atoms with van der Waals surface area (Å²) in [4.78, 5) is 2.93. The van der Waals surface area contributed by atoms with Crippen LogP contribution in [0, 0.1) is 0 Å². The molecule has 2 fully saturated rings. The Labute approximate surface area is 187 Å². The fourth-order valence-electron chi connectivity index (χ4n) is 4.90. The Morgan fingerprint density at radius 2 is 1.58 bits per heavy atom. The summed E-state index contributed by atoms with van der Waals surface area (Å²) in [6.45, 7) is 5.67. The maximum Gasteiger partial charge on any atom is 0.243 e.